The van der Waals surface area contributed by atoms with Crippen molar-refractivity contribution in [3.05, 3.63) is 39.9 Å². The van der Waals surface area contributed by atoms with Gasteiger partial charge in [-0.3, -0.25) is 0 Å². The van der Waals surface area contributed by atoms with Gasteiger partial charge in [-0.1, -0.05) is 52.4 Å². The Kier molecular flexibility index (Phi) is 4.96. The van der Waals surface area contributed by atoms with Gasteiger partial charge in [-0.15, -0.1) is 10.2 Å². The minimum atomic E-state index is 0.341. The maximum atomic E-state index is 4.15. The number of aryl methyl sites for hydroxylation is 3. The molecule has 0 aliphatic heterocycles. The number of nitrogens with zero attached hydrogens (tertiary/aromatic N) is 2. The van der Waals surface area contributed by atoms with Gasteiger partial charge in [0.2, 0.25) is 0 Å². The van der Waals surface area contributed by atoms with Gasteiger partial charge in [-0.05, 0) is 33.4 Å². The molecule has 0 radical (unpaired) electrons. The van der Waals surface area contributed by atoms with Crippen molar-refractivity contribution in [2.45, 2.75) is 31.2 Å². The number of rotatable bonds is 5. The van der Waals surface area contributed by atoms with E-state index in [0.717, 1.165) is 15.1 Å². The lowest BCUT2D eigenvalue weighted by Crippen LogP contribution is -2.19. The van der Waals surface area contributed by atoms with Crippen molar-refractivity contribution in [1.29, 1.82) is 0 Å². The number of hydrogen-bond donors (Lipinski definition) is 1. The van der Waals surface area contributed by atoms with E-state index in [0.29, 0.717) is 6.04 Å². The van der Waals surface area contributed by atoms with E-state index in [-0.39, 0.29) is 0 Å². The largest absolute Gasteiger partial charge is 0.312 e. The first-order valence-corrected chi connectivity index (χ1v) is 8.07. The van der Waals surface area contributed by atoms with Crippen molar-refractivity contribution < 1.29 is 0 Å². The van der Waals surface area contributed by atoms with Crippen LogP contribution in [0.4, 0.5) is 0 Å². The van der Waals surface area contributed by atoms with Crippen molar-refractivity contribution in [2.75, 3.05) is 12.8 Å². The molecular formula is C14H19N3S2. The molecule has 0 saturated carbocycles. The molecular weight excluding hydrogens is 274 g/mol. The Morgan fingerprint density at radius 3 is 2.37 bits per heavy atom. The third-order valence-corrected chi connectivity index (χ3v) is 4.94. The highest BCUT2D eigenvalue weighted by Gasteiger charge is 2.12. The zero-order valence-electron chi connectivity index (χ0n) is 11.7. The number of nitrogens with one attached hydrogen (secondary N) is 1. The number of hydrogen-bond acceptors (Lipinski definition) is 5. The Morgan fingerprint density at radius 2 is 1.84 bits per heavy atom. The first kappa shape index (κ1) is 14.5. The molecule has 102 valence electrons. The van der Waals surface area contributed by atoms with Crippen molar-refractivity contribution >= 4 is 23.1 Å². The van der Waals surface area contributed by atoms with Gasteiger partial charge in [-0.2, -0.15) is 0 Å². The van der Waals surface area contributed by atoms with Gasteiger partial charge >= 0.3 is 0 Å². The average Bonchev–Trinajstić information content (AvgIpc) is 2.75. The monoisotopic (exact) mass is 293 g/mol. The Bertz CT molecular complexity index is 531. The van der Waals surface area contributed by atoms with Crippen LogP contribution in [0.2, 0.25) is 0 Å². The second kappa shape index (κ2) is 6.50. The molecule has 1 unspecified atom stereocenters. The molecule has 0 spiro atoms. The van der Waals surface area contributed by atoms with E-state index in [1.165, 1.54) is 16.7 Å². The Balaban J connectivity index is 2.07. The third kappa shape index (κ3) is 4.03. The summed E-state index contributed by atoms with van der Waals surface area (Å²) in [5.74, 6) is 0.966. The first-order chi connectivity index (χ1) is 9.08. The third-order valence-electron chi connectivity index (χ3n) is 2.88. The highest BCUT2D eigenvalue weighted by atomic mass is 32.2. The molecule has 0 amide bonds. The molecule has 1 heterocycles. The zero-order valence-corrected chi connectivity index (χ0v) is 13.4. The van der Waals surface area contributed by atoms with E-state index in [2.05, 4.69) is 47.6 Å². The summed E-state index contributed by atoms with van der Waals surface area (Å²) in [6, 6.07) is 7.05. The molecule has 1 aromatic carbocycles. The van der Waals surface area contributed by atoms with Crippen LogP contribution >= 0.6 is 23.1 Å². The van der Waals surface area contributed by atoms with E-state index in [1.807, 2.05) is 14.0 Å². The van der Waals surface area contributed by atoms with Crippen LogP contribution in [-0.2, 0) is 0 Å². The topological polar surface area (TPSA) is 37.8 Å². The fourth-order valence-electron chi connectivity index (χ4n) is 2.05. The van der Waals surface area contributed by atoms with Crippen LogP contribution < -0.4 is 5.32 Å². The van der Waals surface area contributed by atoms with Gasteiger partial charge < -0.3 is 5.32 Å². The van der Waals surface area contributed by atoms with Crippen LogP contribution in [0.25, 0.3) is 0 Å². The van der Waals surface area contributed by atoms with E-state index < -0.39 is 0 Å². The highest BCUT2D eigenvalue weighted by molar-refractivity contribution is 8.01. The normalized spacial score (nSPS) is 12.6. The highest BCUT2D eigenvalue weighted by Crippen LogP contribution is 2.27. The lowest BCUT2D eigenvalue weighted by Gasteiger charge is -2.17. The summed E-state index contributed by atoms with van der Waals surface area (Å²) in [4.78, 5) is 0. The standard InChI is InChI=1S/C14H19N3S2/c1-9-5-10(2)7-12(6-9)13(15-4)8-18-14-17-16-11(3)19-14/h5-7,13,15H,8H2,1-4H3. The van der Waals surface area contributed by atoms with Crippen LogP contribution in [0.3, 0.4) is 0 Å². The minimum absolute atomic E-state index is 0.341. The van der Waals surface area contributed by atoms with Gasteiger partial charge in [0.05, 0.1) is 0 Å². The van der Waals surface area contributed by atoms with Crippen LogP contribution in [0.5, 0.6) is 0 Å². The fourth-order valence-corrected chi connectivity index (χ4v) is 4.03. The predicted octanol–water partition coefficient (Wildman–Crippen LogP) is 3.52. The second-order valence-electron chi connectivity index (χ2n) is 4.66. The molecule has 2 aromatic rings. The number of thioether (sulfide) groups is 1. The van der Waals surface area contributed by atoms with Crippen LogP contribution in [0, 0.1) is 20.8 Å². The van der Waals surface area contributed by atoms with E-state index >= 15 is 0 Å². The lowest BCUT2D eigenvalue weighted by atomic mass is 10.0. The van der Waals surface area contributed by atoms with Gasteiger partial charge in [0.25, 0.3) is 0 Å². The number of aromatic nitrogens is 2. The Hall–Kier alpha value is -0.910. The maximum absolute atomic E-state index is 4.15. The first-order valence-electron chi connectivity index (χ1n) is 6.27. The Labute approximate surface area is 122 Å². The predicted molar refractivity (Wildman–Crippen MR) is 83.1 cm³/mol. The molecule has 5 heteroatoms. The molecule has 1 atom stereocenters. The summed E-state index contributed by atoms with van der Waals surface area (Å²) in [6.45, 7) is 6.27. The van der Waals surface area contributed by atoms with Gasteiger partial charge in [0.15, 0.2) is 4.34 Å². The van der Waals surface area contributed by atoms with Crippen LogP contribution in [0.15, 0.2) is 22.5 Å². The van der Waals surface area contributed by atoms with Gasteiger partial charge in [0.1, 0.15) is 5.01 Å². The van der Waals surface area contributed by atoms with Gasteiger partial charge in [-0.25, -0.2) is 0 Å². The molecule has 19 heavy (non-hydrogen) atoms. The quantitative estimate of drug-likeness (QED) is 0.856. The Morgan fingerprint density at radius 1 is 1.16 bits per heavy atom. The molecule has 2 rings (SSSR count). The molecule has 0 aliphatic rings. The second-order valence-corrected chi connectivity index (χ2v) is 7.11. The van der Waals surface area contributed by atoms with Crippen molar-refractivity contribution in [3.8, 4) is 0 Å². The van der Waals surface area contributed by atoms with E-state index in [4.69, 9.17) is 0 Å². The van der Waals surface area contributed by atoms with Gasteiger partial charge in [0, 0.05) is 11.8 Å². The van der Waals surface area contributed by atoms with Crippen molar-refractivity contribution in [2.24, 2.45) is 0 Å². The minimum Gasteiger partial charge on any atom is -0.312 e. The fraction of sp³-hybridized carbons (Fsp3) is 0.429. The smallest absolute Gasteiger partial charge is 0.174 e. The molecule has 0 fully saturated rings. The lowest BCUT2D eigenvalue weighted by molar-refractivity contribution is 0.660. The summed E-state index contributed by atoms with van der Waals surface area (Å²) in [7, 11) is 2.01. The summed E-state index contributed by atoms with van der Waals surface area (Å²) >= 11 is 3.42. The molecule has 0 saturated heterocycles. The van der Waals surface area contributed by atoms with Crippen LogP contribution in [-0.4, -0.2) is 23.0 Å². The van der Waals surface area contributed by atoms with Crippen molar-refractivity contribution in [1.82, 2.24) is 15.5 Å². The molecule has 1 N–H and O–H groups in total. The maximum Gasteiger partial charge on any atom is 0.174 e. The SMILES string of the molecule is CNC(CSc1nnc(C)s1)c1cc(C)cc(C)c1. The summed E-state index contributed by atoms with van der Waals surface area (Å²) < 4.78 is 1.04. The van der Waals surface area contributed by atoms with Crippen molar-refractivity contribution in [3.63, 3.8) is 0 Å². The zero-order chi connectivity index (χ0) is 13.8. The van der Waals surface area contributed by atoms with E-state index in [1.54, 1.807) is 23.1 Å². The number of benzene rings is 1. The summed E-state index contributed by atoms with van der Waals surface area (Å²) in [5, 5.41) is 12.6. The molecule has 0 bridgehead atoms. The summed E-state index contributed by atoms with van der Waals surface area (Å²) in [6.07, 6.45) is 0. The molecule has 3 nitrogen and oxygen atoms in total. The average molecular weight is 293 g/mol. The van der Waals surface area contributed by atoms with E-state index in [9.17, 15) is 0 Å². The molecule has 0 aliphatic carbocycles. The van der Waals surface area contributed by atoms with Crippen LogP contribution in [0.1, 0.15) is 27.7 Å². The molecule has 1 aromatic heterocycles. The summed E-state index contributed by atoms with van der Waals surface area (Å²) in [5.41, 5.74) is 3.97.